The number of nitrogens with zero attached hydrogens (tertiary/aromatic N) is 2. The third kappa shape index (κ3) is 3.50. The van der Waals surface area contributed by atoms with Crippen LogP contribution in [-0.4, -0.2) is 24.9 Å². The molecule has 2 aromatic carbocycles. The molecule has 6 heteroatoms. The number of rotatable bonds is 3. The van der Waals surface area contributed by atoms with Gasteiger partial charge in [-0.2, -0.15) is 0 Å². The lowest BCUT2D eigenvalue weighted by Crippen LogP contribution is -2.20. The number of aliphatic imine (C=N–C) groups is 1. The molecule has 0 aliphatic carbocycles. The van der Waals surface area contributed by atoms with E-state index >= 15 is 0 Å². The Morgan fingerprint density at radius 3 is 2.72 bits per heavy atom. The summed E-state index contributed by atoms with van der Waals surface area (Å²) in [5, 5.41) is 4.08. The molecule has 0 amide bonds. The van der Waals surface area contributed by atoms with Crippen LogP contribution in [0.5, 0.6) is 0 Å². The molecule has 4 nitrogen and oxygen atoms in total. The summed E-state index contributed by atoms with van der Waals surface area (Å²) in [6, 6.07) is 14.3. The first-order valence-corrected chi connectivity index (χ1v) is 8.88. The van der Waals surface area contributed by atoms with E-state index in [9.17, 15) is 4.39 Å². The molecule has 0 radical (unpaired) electrons. The van der Waals surface area contributed by atoms with Crippen LogP contribution < -0.4 is 11.1 Å². The molecule has 1 atom stereocenters. The predicted octanol–water partition coefficient (Wildman–Crippen LogP) is 3.62. The van der Waals surface area contributed by atoms with Gasteiger partial charge in [0.15, 0.2) is 0 Å². The van der Waals surface area contributed by atoms with Crippen molar-refractivity contribution in [1.29, 1.82) is 0 Å². The van der Waals surface area contributed by atoms with Gasteiger partial charge in [-0.15, -0.1) is 0 Å². The predicted molar refractivity (Wildman–Crippen MR) is 108 cm³/mol. The molecule has 3 aromatic rings. The van der Waals surface area contributed by atoms with Crippen LogP contribution in [0.2, 0.25) is 0 Å². The maximum atomic E-state index is 13.8. The number of fused-ring (bicyclic) bond motifs is 1. The van der Waals surface area contributed by atoms with E-state index in [1.807, 2.05) is 66.0 Å². The molecule has 0 bridgehead atoms. The molecule has 0 spiro atoms. The number of halogens is 2. The fourth-order valence-electron chi connectivity index (χ4n) is 2.79. The number of amidine groups is 1. The van der Waals surface area contributed by atoms with Gasteiger partial charge in [0, 0.05) is 28.6 Å². The highest BCUT2D eigenvalue weighted by atomic mass is 127. The molecule has 0 fully saturated rings. The van der Waals surface area contributed by atoms with Crippen molar-refractivity contribution in [3.05, 3.63) is 74.7 Å². The van der Waals surface area contributed by atoms with Crippen molar-refractivity contribution >= 4 is 39.3 Å². The minimum atomic E-state index is -0.483. The van der Waals surface area contributed by atoms with Crippen LogP contribution >= 0.6 is 22.6 Å². The highest BCUT2D eigenvalue weighted by Gasteiger charge is 2.14. The van der Waals surface area contributed by atoms with E-state index in [1.165, 1.54) is 6.07 Å². The van der Waals surface area contributed by atoms with Crippen molar-refractivity contribution in [2.45, 2.75) is 6.04 Å². The summed E-state index contributed by atoms with van der Waals surface area (Å²) in [6.45, 7) is 0. The maximum Gasteiger partial charge on any atom is 0.136 e. The van der Waals surface area contributed by atoms with E-state index < -0.39 is 6.04 Å². The second-order valence-electron chi connectivity index (χ2n) is 5.58. The first-order valence-electron chi connectivity index (χ1n) is 7.80. The molecule has 3 N–H and O–H groups in total. The topological polar surface area (TPSA) is 63.3 Å². The van der Waals surface area contributed by atoms with Gasteiger partial charge < -0.3 is 11.1 Å². The molecule has 128 valence electrons. The summed E-state index contributed by atoms with van der Waals surface area (Å²) in [5.74, 6) is 0.526. The molecule has 1 heterocycles. The van der Waals surface area contributed by atoms with Crippen LogP contribution in [0.3, 0.4) is 0 Å². The molecule has 0 saturated heterocycles. The number of hydrogen-bond donors (Lipinski definition) is 2. The molecule has 25 heavy (non-hydrogen) atoms. The van der Waals surface area contributed by atoms with Crippen molar-refractivity contribution in [1.82, 2.24) is 10.3 Å². The number of hydrogen-bond acceptors (Lipinski definition) is 3. The summed E-state index contributed by atoms with van der Waals surface area (Å²) in [7, 11) is 3.58. The van der Waals surface area contributed by atoms with Gasteiger partial charge in [-0.25, -0.2) is 4.39 Å². The number of nitrogens with one attached hydrogen (secondary N) is 1. The SMILES string of the molecule is C/N=C(\NC)c1cccc2nc(C(N)c3ccc(I)c(F)c3)ccc12. The second kappa shape index (κ2) is 7.45. The van der Waals surface area contributed by atoms with Crippen molar-refractivity contribution in [2.24, 2.45) is 10.7 Å². The zero-order chi connectivity index (χ0) is 18.0. The fourth-order valence-corrected chi connectivity index (χ4v) is 3.13. The van der Waals surface area contributed by atoms with Crippen molar-refractivity contribution in [3.8, 4) is 0 Å². The molecule has 0 saturated carbocycles. The first kappa shape index (κ1) is 17.8. The summed E-state index contributed by atoms with van der Waals surface area (Å²) in [5.41, 5.74) is 9.52. The zero-order valence-corrected chi connectivity index (χ0v) is 16.1. The highest BCUT2D eigenvalue weighted by Crippen LogP contribution is 2.24. The van der Waals surface area contributed by atoms with Crippen molar-refractivity contribution in [3.63, 3.8) is 0 Å². The zero-order valence-electron chi connectivity index (χ0n) is 13.9. The number of pyridine rings is 1. The van der Waals surface area contributed by atoms with Gasteiger partial charge in [0.05, 0.1) is 17.3 Å². The number of benzene rings is 2. The smallest absolute Gasteiger partial charge is 0.136 e. The van der Waals surface area contributed by atoms with Crippen LogP contribution in [0.15, 0.2) is 53.5 Å². The Morgan fingerprint density at radius 1 is 1.24 bits per heavy atom. The Balaban J connectivity index is 2.05. The molecular weight excluding hydrogens is 430 g/mol. The quantitative estimate of drug-likeness (QED) is 0.366. The molecule has 1 unspecified atom stereocenters. The third-order valence-corrected chi connectivity index (χ3v) is 4.97. The number of nitrogens with two attached hydrogens (primary N) is 1. The Morgan fingerprint density at radius 2 is 2.04 bits per heavy atom. The molecule has 0 aliphatic rings. The normalized spacial score (nSPS) is 13.1. The van der Waals surface area contributed by atoms with Gasteiger partial charge >= 0.3 is 0 Å². The Hall–Kier alpha value is -2.06. The van der Waals surface area contributed by atoms with Crippen molar-refractivity contribution < 1.29 is 4.39 Å². The average molecular weight is 448 g/mol. The summed E-state index contributed by atoms with van der Waals surface area (Å²) in [6.07, 6.45) is 0. The van der Waals surface area contributed by atoms with E-state index in [4.69, 9.17) is 5.73 Å². The lowest BCUT2D eigenvalue weighted by Gasteiger charge is -2.14. The van der Waals surface area contributed by atoms with E-state index in [0.29, 0.717) is 14.8 Å². The minimum Gasteiger partial charge on any atom is -0.373 e. The standard InChI is InChI=1S/C19H18FIN4/c1-23-19(24-2)13-4-3-5-16-12(13)7-9-17(25-16)18(22)11-6-8-15(21)14(20)10-11/h3-10,18H,22H2,1-2H3,(H,23,24). The average Bonchev–Trinajstić information content (AvgIpc) is 2.64. The maximum absolute atomic E-state index is 13.8. The minimum absolute atomic E-state index is 0.269. The largest absolute Gasteiger partial charge is 0.373 e. The summed E-state index contributed by atoms with van der Waals surface area (Å²) in [4.78, 5) is 8.94. The van der Waals surface area contributed by atoms with E-state index in [2.05, 4.69) is 15.3 Å². The van der Waals surface area contributed by atoms with Gasteiger partial charge in [0.1, 0.15) is 11.7 Å². The fraction of sp³-hybridized carbons (Fsp3) is 0.158. The van der Waals surface area contributed by atoms with Gasteiger partial charge in [-0.1, -0.05) is 24.3 Å². The van der Waals surface area contributed by atoms with Crippen LogP contribution in [0.25, 0.3) is 10.9 Å². The third-order valence-electron chi connectivity index (χ3n) is 4.09. The molecule has 1 aromatic heterocycles. The van der Waals surface area contributed by atoms with E-state index in [0.717, 1.165) is 22.3 Å². The Kier molecular flexibility index (Phi) is 5.29. The van der Waals surface area contributed by atoms with Crippen LogP contribution in [0, 0.1) is 9.39 Å². The lowest BCUT2D eigenvalue weighted by molar-refractivity contribution is 0.615. The number of aromatic nitrogens is 1. The van der Waals surface area contributed by atoms with Crippen LogP contribution in [-0.2, 0) is 0 Å². The van der Waals surface area contributed by atoms with Gasteiger partial charge in [-0.3, -0.25) is 9.98 Å². The van der Waals surface area contributed by atoms with Crippen molar-refractivity contribution in [2.75, 3.05) is 14.1 Å². The van der Waals surface area contributed by atoms with E-state index in [1.54, 1.807) is 13.1 Å². The Labute approximate surface area is 159 Å². The lowest BCUT2D eigenvalue weighted by atomic mass is 10.0. The molecule has 3 rings (SSSR count). The van der Waals surface area contributed by atoms with Crippen LogP contribution in [0.4, 0.5) is 4.39 Å². The molecule has 0 aliphatic heterocycles. The summed E-state index contributed by atoms with van der Waals surface area (Å²) >= 11 is 1.96. The van der Waals surface area contributed by atoms with Gasteiger partial charge in [-0.05, 0) is 52.4 Å². The van der Waals surface area contributed by atoms with Crippen LogP contribution in [0.1, 0.15) is 22.9 Å². The second-order valence-corrected chi connectivity index (χ2v) is 6.74. The first-order chi connectivity index (χ1) is 12.0. The Bertz CT molecular complexity index is 955. The molecular formula is C19H18FIN4. The van der Waals surface area contributed by atoms with Gasteiger partial charge in [0.25, 0.3) is 0 Å². The monoisotopic (exact) mass is 448 g/mol. The van der Waals surface area contributed by atoms with Gasteiger partial charge in [0.2, 0.25) is 0 Å². The summed E-state index contributed by atoms with van der Waals surface area (Å²) < 4.78 is 14.4. The highest BCUT2D eigenvalue weighted by molar-refractivity contribution is 14.1. The van der Waals surface area contributed by atoms with E-state index in [-0.39, 0.29) is 5.82 Å².